The summed E-state index contributed by atoms with van der Waals surface area (Å²) in [6.45, 7) is 1.98. The maximum Gasteiger partial charge on any atom is 0.433 e. The van der Waals surface area contributed by atoms with Gasteiger partial charge < -0.3 is 5.11 Å². The highest BCUT2D eigenvalue weighted by molar-refractivity contribution is 7.12. The molecule has 0 aliphatic rings. The van der Waals surface area contributed by atoms with E-state index in [1.165, 1.54) is 11.3 Å². The summed E-state index contributed by atoms with van der Waals surface area (Å²) in [6.07, 6.45) is -4.79. The smallest absolute Gasteiger partial charge is 0.383 e. The predicted octanol–water partition coefficient (Wildman–Crippen LogP) is 4.46. The lowest BCUT2D eigenvalue weighted by Gasteiger charge is -2.12. The lowest BCUT2D eigenvalue weighted by atomic mass is 10.1. The van der Waals surface area contributed by atoms with Crippen molar-refractivity contribution in [2.45, 2.75) is 25.6 Å². The van der Waals surface area contributed by atoms with Crippen LogP contribution in [0.4, 0.5) is 13.2 Å². The molecular weight excluding hydrogens is 311 g/mol. The van der Waals surface area contributed by atoms with Gasteiger partial charge in [0.2, 0.25) is 0 Å². The monoisotopic (exact) mass is 321 g/mol. The quantitative estimate of drug-likeness (QED) is 0.847. The number of halogens is 4. The fraction of sp³-hybridized carbons (Fsp3) is 0.308. The number of alkyl halides is 3. The maximum absolute atomic E-state index is 12.5. The van der Waals surface area contributed by atoms with E-state index >= 15 is 0 Å². The van der Waals surface area contributed by atoms with Crippen LogP contribution in [-0.4, -0.2) is 10.1 Å². The predicted molar refractivity (Wildman–Crippen MR) is 72.0 cm³/mol. The molecule has 0 aromatic carbocycles. The van der Waals surface area contributed by atoms with Gasteiger partial charge in [0.05, 0.1) is 0 Å². The third-order valence-corrected chi connectivity index (χ3v) is 4.35. The number of pyridine rings is 1. The van der Waals surface area contributed by atoms with E-state index in [1.807, 2.05) is 13.0 Å². The van der Waals surface area contributed by atoms with Gasteiger partial charge in [0.1, 0.15) is 17.0 Å². The topological polar surface area (TPSA) is 33.1 Å². The summed E-state index contributed by atoms with van der Waals surface area (Å²) >= 11 is 7.15. The summed E-state index contributed by atoms with van der Waals surface area (Å²) in [7, 11) is 0. The van der Waals surface area contributed by atoms with Crippen molar-refractivity contribution in [2.24, 2.45) is 0 Å². The molecule has 2 rings (SSSR count). The van der Waals surface area contributed by atoms with Gasteiger partial charge in [-0.15, -0.1) is 11.3 Å². The number of aliphatic hydroxyl groups is 1. The molecule has 0 amide bonds. The van der Waals surface area contributed by atoms with Gasteiger partial charge in [-0.25, -0.2) is 4.98 Å². The van der Waals surface area contributed by atoms with Crippen molar-refractivity contribution in [3.8, 4) is 0 Å². The molecule has 0 saturated heterocycles. The Balaban J connectivity index is 2.33. The van der Waals surface area contributed by atoms with E-state index in [2.05, 4.69) is 4.98 Å². The van der Waals surface area contributed by atoms with E-state index in [0.717, 1.165) is 23.4 Å². The Kier molecular flexibility index (Phi) is 4.36. The second kappa shape index (κ2) is 5.71. The van der Waals surface area contributed by atoms with Gasteiger partial charge in [-0.3, -0.25) is 0 Å². The van der Waals surface area contributed by atoms with Crippen LogP contribution in [0.1, 0.15) is 34.0 Å². The first kappa shape index (κ1) is 15.3. The largest absolute Gasteiger partial charge is 0.433 e. The number of hydrogen-bond acceptors (Lipinski definition) is 3. The molecule has 2 aromatic rings. The van der Waals surface area contributed by atoms with Gasteiger partial charge in [-0.05, 0) is 24.6 Å². The fourth-order valence-corrected chi connectivity index (χ4v) is 2.91. The van der Waals surface area contributed by atoms with Gasteiger partial charge in [-0.2, -0.15) is 13.2 Å². The highest BCUT2D eigenvalue weighted by Gasteiger charge is 2.33. The van der Waals surface area contributed by atoms with E-state index < -0.39 is 18.0 Å². The van der Waals surface area contributed by atoms with Gasteiger partial charge >= 0.3 is 6.18 Å². The lowest BCUT2D eigenvalue weighted by Crippen LogP contribution is -2.09. The molecule has 0 fully saturated rings. The minimum Gasteiger partial charge on any atom is -0.383 e. The summed E-state index contributed by atoms with van der Waals surface area (Å²) in [6, 6.07) is 5.59. The van der Waals surface area contributed by atoms with Gasteiger partial charge in [0.25, 0.3) is 0 Å². The fourth-order valence-electron chi connectivity index (χ4n) is 1.69. The van der Waals surface area contributed by atoms with Crippen LogP contribution >= 0.6 is 22.9 Å². The SMILES string of the molecule is CCc1ccc(C(O)c2ccc(C(F)(F)F)nc2Cl)s1. The van der Waals surface area contributed by atoms with Crippen LogP contribution in [0.15, 0.2) is 24.3 Å². The molecule has 0 spiro atoms. The van der Waals surface area contributed by atoms with Crippen LogP contribution in [0.3, 0.4) is 0 Å². The van der Waals surface area contributed by atoms with Crippen molar-refractivity contribution in [2.75, 3.05) is 0 Å². The van der Waals surface area contributed by atoms with Crippen molar-refractivity contribution in [1.82, 2.24) is 4.98 Å². The first-order valence-corrected chi connectivity index (χ1v) is 7.02. The summed E-state index contributed by atoms with van der Waals surface area (Å²) in [5, 5.41) is 9.85. The normalized spacial score (nSPS) is 13.5. The Morgan fingerprint density at radius 1 is 1.30 bits per heavy atom. The van der Waals surface area contributed by atoms with E-state index in [-0.39, 0.29) is 10.7 Å². The summed E-state index contributed by atoms with van der Waals surface area (Å²) in [4.78, 5) is 5.01. The molecule has 2 heterocycles. The van der Waals surface area contributed by atoms with Crippen LogP contribution in [-0.2, 0) is 12.6 Å². The van der Waals surface area contributed by atoms with E-state index in [1.54, 1.807) is 6.07 Å². The van der Waals surface area contributed by atoms with Crippen LogP contribution in [0.2, 0.25) is 5.15 Å². The second-order valence-corrected chi connectivity index (χ2v) is 5.69. The lowest BCUT2D eigenvalue weighted by molar-refractivity contribution is -0.141. The maximum atomic E-state index is 12.5. The molecule has 1 unspecified atom stereocenters. The molecular formula is C13H11ClF3NOS. The molecule has 20 heavy (non-hydrogen) atoms. The van der Waals surface area contributed by atoms with Crippen LogP contribution < -0.4 is 0 Å². The molecule has 0 radical (unpaired) electrons. The number of hydrogen-bond donors (Lipinski definition) is 1. The number of rotatable bonds is 3. The molecule has 7 heteroatoms. The van der Waals surface area contributed by atoms with E-state index in [9.17, 15) is 18.3 Å². The Morgan fingerprint density at radius 3 is 2.50 bits per heavy atom. The molecule has 0 aliphatic heterocycles. The molecule has 1 atom stereocenters. The second-order valence-electron chi connectivity index (χ2n) is 4.13. The average molecular weight is 322 g/mol. The minimum atomic E-state index is -4.55. The van der Waals surface area contributed by atoms with Crippen LogP contribution in [0.25, 0.3) is 0 Å². The van der Waals surface area contributed by atoms with Crippen molar-refractivity contribution in [3.05, 3.63) is 50.4 Å². The molecule has 1 N–H and O–H groups in total. The number of aliphatic hydroxyl groups excluding tert-OH is 1. The molecule has 108 valence electrons. The first-order chi connectivity index (χ1) is 9.32. The molecule has 2 aromatic heterocycles. The van der Waals surface area contributed by atoms with Gasteiger partial charge in [-0.1, -0.05) is 24.6 Å². The molecule has 2 nitrogen and oxygen atoms in total. The van der Waals surface area contributed by atoms with Crippen molar-refractivity contribution < 1.29 is 18.3 Å². The Bertz CT molecular complexity index is 612. The third kappa shape index (κ3) is 3.13. The van der Waals surface area contributed by atoms with E-state index in [4.69, 9.17) is 11.6 Å². The first-order valence-electron chi connectivity index (χ1n) is 5.83. The van der Waals surface area contributed by atoms with Gasteiger partial charge in [0.15, 0.2) is 0 Å². The minimum absolute atomic E-state index is 0.171. The zero-order valence-electron chi connectivity index (χ0n) is 10.4. The standard InChI is InChI=1S/C13H11ClF3NOS/c1-2-7-3-5-9(20-7)11(19)8-4-6-10(13(15,16)17)18-12(8)14/h3-6,11,19H,2H2,1H3. The zero-order chi connectivity index (χ0) is 14.9. The third-order valence-electron chi connectivity index (χ3n) is 2.76. The van der Waals surface area contributed by atoms with E-state index in [0.29, 0.717) is 4.88 Å². The summed E-state index contributed by atoms with van der Waals surface area (Å²) < 4.78 is 37.5. The van der Waals surface area contributed by atoms with Crippen LogP contribution in [0.5, 0.6) is 0 Å². The van der Waals surface area contributed by atoms with Crippen molar-refractivity contribution in [1.29, 1.82) is 0 Å². The summed E-state index contributed by atoms with van der Waals surface area (Å²) in [5.74, 6) is 0. The highest BCUT2D eigenvalue weighted by atomic mass is 35.5. The summed E-state index contributed by atoms with van der Waals surface area (Å²) in [5.41, 5.74) is -0.900. The number of aryl methyl sites for hydroxylation is 1. The zero-order valence-corrected chi connectivity index (χ0v) is 12.0. The highest BCUT2D eigenvalue weighted by Crippen LogP contribution is 2.34. The molecule has 0 saturated carbocycles. The number of nitrogens with zero attached hydrogens (tertiary/aromatic N) is 1. The molecule has 0 bridgehead atoms. The Hall–Kier alpha value is -1.11. The molecule has 0 aliphatic carbocycles. The van der Waals surface area contributed by atoms with Crippen LogP contribution in [0, 0.1) is 0 Å². The average Bonchev–Trinajstić information content (AvgIpc) is 2.85. The van der Waals surface area contributed by atoms with Crippen molar-refractivity contribution in [3.63, 3.8) is 0 Å². The number of thiophene rings is 1. The van der Waals surface area contributed by atoms with Crippen molar-refractivity contribution >= 4 is 22.9 Å². The number of aromatic nitrogens is 1. The van der Waals surface area contributed by atoms with Gasteiger partial charge in [0, 0.05) is 15.3 Å². The Labute approximate surface area is 122 Å². The Morgan fingerprint density at radius 2 is 2.00 bits per heavy atom.